The van der Waals surface area contributed by atoms with Crippen LogP contribution in [0.5, 0.6) is 11.5 Å². The van der Waals surface area contributed by atoms with Gasteiger partial charge >= 0.3 is 5.97 Å². The van der Waals surface area contributed by atoms with Crippen molar-refractivity contribution in [1.29, 1.82) is 0 Å². The Morgan fingerprint density at radius 1 is 1.33 bits per heavy atom. The number of hydrogen-bond acceptors (Lipinski definition) is 4. The van der Waals surface area contributed by atoms with Crippen molar-refractivity contribution in [1.82, 2.24) is 4.90 Å². The highest BCUT2D eigenvalue weighted by atomic mass is 16.5. The number of benzene rings is 1. The number of ether oxygens (including phenoxy) is 2. The summed E-state index contributed by atoms with van der Waals surface area (Å²) in [4.78, 5) is 25.3. The minimum absolute atomic E-state index is 0.190. The van der Waals surface area contributed by atoms with E-state index in [0.29, 0.717) is 29.9 Å². The van der Waals surface area contributed by atoms with Crippen LogP contribution < -0.4 is 9.47 Å². The van der Waals surface area contributed by atoms with Gasteiger partial charge in [0.05, 0.1) is 14.2 Å². The number of amides is 1. The highest BCUT2D eigenvalue weighted by molar-refractivity contribution is 5.97. The molecule has 1 aromatic rings. The largest absolute Gasteiger partial charge is 0.493 e. The van der Waals surface area contributed by atoms with E-state index in [1.807, 2.05) is 13.8 Å². The second kappa shape index (κ2) is 8.96. The summed E-state index contributed by atoms with van der Waals surface area (Å²) in [5.74, 6) is -0.421. The molecule has 0 saturated carbocycles. The molecular formula is C18H25NO5. The second-order valence-electron chi connectivity index (χ2n) is 5.45. The summed E-state index contributed by atoms with van der Waals surface area (Å²) < 4.78 is 10.7. The summed E-state index contributed by atoms with van der Waals surface area (Å²) in [6.07, 6.45) is 2.87. The van der Waals surface area contributed by atoms with E-state index in [1.165, 1.54) is 19.1 Å². The summed E-state index contributed by atoms with van der Waals surface area (Å²) in [5.41, 5.74) is 1.13. The van der Waals surface area contributed by atoms with E-state index in [1.54, 1.807) is 18.2 Å². The predicted octanol–water partition coefficient (Wildman–Crippen LogP) is 2.76. The molecule has 1 N–H and O–H groups in total. The average Bonchev–Trinajstić information content (AvgIpc) is 2.57. The SMILES string of the molecule is C=CCc1cc(C(=O)N(CC(=O)O)C(C)CC)cc(OC)c1OC. The van der Waals surface area contributed by atoms with Crippen LogP contribution in [0.1, 0.15) is 36.2 Å². The monoisotopic (exact) mass is 335 g/mol. The maximum atomic E-state index is 12.8. The molecule has 0 aromatic heterocycles. The topological polar surface area (TPSA) is 76.1 Å². The number of nitrogens with zero attached hydrogens (tertiary/aromatic N) is 1. The van der Waals surface area contributed by atoms with E-state index in [2.05, 4.69) is 6.58 Å². The van der Waals surface area contributed by atoms with Crippen molar-refractivity contribution in [2.24, 2.45) is 0 Å². The Labute approximate surface area is 142 Å². The number of carbonyl (C=O) groups excluding carboxylic acids is 1. The normalized spacial score (nSPS) is 11.5. The van der Waals surface area contributed by atoms with Crippen LogP contribution in [0.25, 0.3) is 0 Å². The molecule has 132 valence electrons. The Kier molecular flexibility index (Phi) is 7.30. The molecule has 0 fully saturated rings. The molecule has 0 spiro atoms. The molecule has 6 heteroatoms. The second-order valence-corrected chi connectivity index (χ2v) is 5.45. The fourth-order valence-electron chi connectivity index (χ4n) is 2.43. The van der Waals surface area contributed by atoms with Crippen molar-refractivity contribution < 1.29 is 24.2 Å². The number of carbonyl (C=O) groups is 2. The van der Waals surface area contributed by atoms with Gasteiger partial charge in [-0.3, -0.25) is 9.59 Å². The Bertz CT molecular complexity index is 612. The van der Waals surface area contributed by atoms with Crippen molar-refractivity contribution in [2.45, 2.75) is 32.7 Å². The van der Waals surface area contributed by atoms with E-state index >= 15 is 0 Å². The molecular weight excluding hydrogens is 310 g/mol. The molecule has 0 bridgehead atoms. The van der Waals surface area contributed by atoms with Crippen molar-refractivity contribution in [3.8, 4) is 11.5 Å². The minimum atomic E-state index is -1.05. The van der Waals surface area contributed by atoms with E-state index in [0.717, 1.165) is 5.56 Å². The number of rotatable bonds is 9. The van der Waals surface area contributed by atoms with Gasteiger partial charge in [0.25, 0.3) is 5.91 Å². The summed E-state index contributed by atoms with van der Waals surface area (Å²) in [6.45, 7) is 7.09. The highest BCUT2D eigenvalue weighted by Crippen LogP contribution is 2.33. The van der Waals surface area contributed by atoms with Crippen LogP contribution in [0.4, 0.5) is 0 Å². The van der Waals surface area contributed by atoms with Crippen molar-refractivity contribution in [2.75, 3.05) is 20.8 Å². The van der Waals surface area contributed by atoms with Gasteiger partial charge in [-0.1, -0.05) is 13.0 Å². The fraction of sp³-hybridized carbons (Fsp3) is 0.444. The summed E-state index contributed by atoms with van der Waals surface area (Å²) in [7, 11) is 3.02. The Morgan fingerprint density at radius 3 is 2.46 bits per heavy atom. The number of methoxy groups -OCH3 is 2. The van der Waals surface area contributed by atoms with Crippen molar-refractivity contribution in [3.05, 3.63) is 35.9 Å². The van der Waals surface area contributed by atoms with Gasteiger partial charge in [-0.2, -0.15) is 0 Å². The Hall–Kier alpha value is -2.50. The highest BCUT2D eigenvalue weighted by Gasteiger charge is 2.25. The van der Waals surface area contributed by atoms with Crippen molar-refractivity contribution >= 4 is 11.9 Å². The molecule has 1 amide bonds. The zero-order valence-electron chi connectivity index (χ0n) is 14.7. The lowest BCUT2D eigenvalue weighted by atomic mass is 10.0. The van der Waals surface area contributed by atoms with E-state index in [-0.39, 0.29) is 18.5 Å². The minimum Gasteiger partial charge on any atom is -0.493 e. The lowest BCUT2D eigenvalue weighted by molar-refractivity contribution is -0.138. The van der Waals surface area contributed by atoms with Gasteiger partial charge in [0.1, 0.15) is 6.54 Å². The predicted molar refractivity (Wildman–Crippen MR) is 91.9 cm³/mol. The van der Waals surface area contributed by atoms with Gasteiger partial charge in [-0.25, -0.2) is 0 Å². The van der Waals surface area contributed by atoms with Crippen LogP contribution in [-0.2, 0) is 11.2 Å². The number of carboxylic acids is 1. The lowest BCUT2D eigenvalue weighted by Crippen LogP contribution is -2.41. The first-order valence-corrected chi connectivity index (χ1v) is 7.78. The van der Waals surface area contributed by atoms with E-state index in [9.17, 15) is 9.59 Å². The molecule has 1 unspecified atom stereocenters. The van der Waals surface area contributed by atoms with Crippen LogP contribution in [0, 0.1) is 0 Å². The summed E-state index contributed by atoms with van der Waals surface area (Å²) in [6, 6.07) is 3.08. The molecule has 1 aromatic carbocycles. The molecule has 0 saturated heterocycles. The van der Waals surface area contributed by atoms with E-state index in [4.69, 9.17) is 14.6 Å². The molecule has 0 heterocycles. The number of aliphatic carboxylic acids is 1. The maximum Gasteiger partial charge on any atom is 0.323 e. The van der Waals surface area contributed by atoms with Crippen molar-refractivity contribution in [3.63, 3.8) is 0 Å². The molecule has 0 aliphatic rings. The lowest BCUT2D eigenvalue weighted by Gasteiger charge is -2.27. The molecule has 1 atom stereocenters. The third-order valence-corrected chi connectivity index (χ3v) is 3.86. The molecule has 6 nitrogen and oxygen atoms in total. The van der Waals surface area contributed by atoms with Crippen LogP contribution in [-0.4, -0.2) is 48.7 Å². The first-order chi connectivity index (χ1) is 11.4. The van der Waals surface area contributed by atoms with E-state index < -0.39 is 5.97 Å². The first kappa shape index (κ1) is 19.5. The molecule has 0 aliphatic heterocycles. The number of hydrogen-bond donors (Lipinski definition) is 1. The van der Waals surface area contributed by atoms with Crippen LogP contribution in [0.2, 0.25) is 0 Å². The Balaban J connectivity index is 3.36. The van der Waals surface area contributed by atoms with Crippen LogP contribution >= 0.6 is 0 Å². The third-order valence-electron chi connectivity index (χ3n) is 3.86. The first-order valence-electron chi connectivity index (χ1n) is 7.78. The van der Waals surface area contributed by atoms with Gasteiger partial charge in [-0.05, 0) is 31.9 Å². The maximum absolute atomic E-state index is 12.8. The average molecular weight is 335 g/mol. The van der Waals surface area contributed by atoms with Gasteiger partial charge in [0.15, 0.2) is 11.5 Å². The zero-order chi connectivity index (χ0) is 18.3. The number of carboxylic acid groups (broad SMARTS) is 1. The molecule has 1 rings (SSSR count). The summed E-state index contributed by atoms with van der Waals surface area (Å²) in [5, 5.41) is 9.09. The zero-order valence-corrected chi connectivity index (χ0v) is 14.7. The molecule has 24 heavy (non-hydrogen) atoms. The Morgan fingerprint density at radius 2 is 2.00 bits per heavy atom. The molecule has 0 radical (unpaired) electrons. The van der Waals surface area contributed by atoms with Gasteiger partial charge in [0.2, 0.25) is 0 Å². The molecule has 0 aliphatic carbocycles. The van der Waals surface area contributed by atoms with Gasteiger partial charge < -0.3 is 19.5 Å². The third kappa shape index (κ3) is 4.50. The summed E-state index contributed by atoms with van der Waals surface area (Å²) >= 11 is 0. The van der Waals surface area contributed by atoms with Gasteiger partial charge in [-0.15, -0.1) is 6.58 Å². The van der Waals surface area contributed by atoms with Gasteiger partial charge in [0, 0.05) is 17.2 Å². The fourth-order valence-corrected chi connectivity index (χ4v) is 2.43. The quantitative estimate of drug-likeness (QED) is 0.702. The van der Waals surface area contributed by atoms with Crippen LogP contribution in [0.3, 0.4) is 0 Å². The number of allylic oxidation sites excluding steroid dienone is 1. The standard InChI is InChI=1S/C18H25NO5/c1-6-8-13-9-14(10-15(23-4)17(13)24-5)18(22)19(11-16(20)21)12(3)7-2/h6,9-10,12H,1,7-8,11H2,2-5H3,(H,20,21). The smallest absolute Gasteiger partial charge is 0.323 e. The van der Waals surface area contributed by atoms with Crippen LogP contribution in [0.15, 0.2) is 24.8 Å².